The van der Waals surface area contributed by atoms with E-state index < -0.39 is 5.97 Å². The summed E-state index contributed by atoms with van der Waals surface area (Å²) in [6, 6.07) is 12.4. The molecule has 0 bridgehead atoms. The zero-order chi connectivity index (χ0) is 20.8. The quantitative estimate of drug-likeness (QED) is 0.675. The lowest BCUT2D eigenvalue weighted by Gasteiger charge is -2.30. The number of esters is 1. The number of likely N-dealkylation sites (tertiary alicyclic amines) is 1. The molecule has 2 aromatic carbocycles. The number of ether oxygens (including phenoxy) is 1. The molecule has 2 aromatic rings. The molecule has 0 aromatic heterocycles. The molecule has 0 spiro atoms. The molecule has 0 aliphatic carbocycles. The van der Waals surface area contributed by atoms with Gasteiger partial charge in [0.05, 0.1) is 17.2 Å². The lowest BCUT2D eigenvalue weighted by Crippen LogP contribution is -2.33. The van der Waals surface area contributed by atoms with Gasteiger partial charge in [-0.2, -0.15) is 0 Å². The SMILES string of the molecule is CCOC(=O)c1cc(NC(=O)c2ccc(CN3CCCC(C)C3)cc2)ccc1Cl. The van der Waals surface area contributed by atoms with Gasteiger partial charge in [0.15, 0.2) is 0 Å². The van der Waals surface area contributed by atoms with Crippen LogP contribution in [0.4, 0.5) is 5.69 Å². The first kappa shape index (κ1) is 21.3. The second-order valence-electron chi connectivity index (χ2n) is 7.55. The van der Waals surface area contributed by atoms with Gasteiger partial charge in [-0.15, -0.1) is 0 Å². The van der Waals surface area contributed by atoms with Crippen LogP contribution in [0.5, 0.6) is 0 Å². The van der Waals surface area contributed by atoms with Crippen LogP contribution in [0.15, 0.2) is 42.5 Å². The Hall–Kier alpha value is -2.37. The number of hydrogen-bond acceptors (Lipinski definition) is 4. The van der Waals surface area contributed by atoms with Crippen LogP contribution in [0.25, 0.3) is 0 Å². The highest BCUT2D eigenvalue weighted by molar-refractivity contribution is 6.33. The molecule has 29 heavy (non-hydrogen) atoms. The van der Waals surface area contributed by atoms with E-state index in [1.807, 2.05) is 24.3 Å². The second kappa shape index (κ2) is 9.90. The molecule has 3 rings (SSSR count). The zero-order valence-corrected chi connectivity index (χ0v) is 17.7. The van der Waals surface area contributed by atoms with Gasteiger partial charge in [-0.3, -0.25) is 9.69 Å². The Kier molecular flexibility index (Phi) is 7.29. The molecule has 1 N–H and O–H groups in total. The maximum Gasteiger partial charge on any atom is 0.339 e. The number of halogens is 1. The first-order valence-electron chi connectivity index (χ1n) is 10.1. The molecule has 1 amide bonds. The van der Waals surface area contributed by atoms with Crippen LogP contribution >= 0.6 is 11.6 Å². The number of nitrogens with one attached hydrogen (secondary N) is 1. The van der Waals surface area contributed by atoms with Crippen LogP contribution in [-0.2, 0) is 11.3 Å². The Morgan fingerprint density at radius 1 is 1.21 bits per heavy atom. The lowest BCUT2D eigenvalue weighted by atomic mass is 9.99. The van der Waals surface area contributed by atoms with Gasteiger partial charge >= 0.3 is 5.97 Å². The molecule has 1 aliphatic rings. The molecular weight excluding hydrogens is 388 g/mol. The Labute approximate surface area is 177 Å². The van der Waals surface area contributed by atoms with Crippen molar-refractivity contribution in [3.63, 3.8) is 0 Å². The number of carbonyl (C=O) groups is 2. The second-order valence-corrected chi connectivity index (χ2v) is 7.96. The monoisotopic (exact) mass is 414 g/mol. The summed E-state index contributed by atoms with van der Waals surface area (Å²) < 4.78 is 5.00. The lowest BCUT2D eigenvalue weighted by molar-refractivity contribution is 0.0526. The largest absolute Gasteiger partial charge is 0.462 e. The molecule has 1 heterocycles. The maximum atomic E-state index is 12.6. The summed E-state index contributed by atoms with van der Waals surface area (Å²) in [4.78, 5) is 27.0. The Morgan fingerprint density at radius 2 is 1.97 bits per heavy atom. The van der Waals surface area contributed by atoms with Gasteiger partial charge in [-0.05, 0) is 68.1 Å². The molecule has 154 valence electrons. The van der Waals surface area contributed by atoms with Gasteiger partial charge in [0.1, 0.15) is 0 Å². The van der Waals surface area contributed by atoms with Gasteiger partial charge in [0.2, 0.25) is 0 Å². The molecule has 0 saturated carbocycles. The van der Waals surface area contributed by atoms with Gasteiger partial charge in [0, 0.05) is 24.3 Å². The maximum absolute atomic E-state index is 12.6. The highest BCUT2D eigenvalue weighted by Crippen LogP contribution is 2.22. The van der Waals surface area contributed by atoms with E-state index in [4.69, 9.17) is 16.3 Å². The number of amides is 1. The summed E-state index contributed by atoms with van der Waals surface area (Å²) >= 11 is 6.07. The van der Waals surface area contributed by atoms with E-state index in [0.717, 1.165) is 25.6 Å². The van der Waals surface area contributed by atoms with Crippen molar-refractivity contribution in [1.82, 2.24) is 4.90 Å². The average molecular weight is 415 g/mol. The topological polar surface area (TPSA) is 58.6 Å². The van der Waals surface area contributed by atoms with E-state index in [-0.39, 0.29) is 23.1 Å². The van der Waals surface area contributed by atoms with Crippen molar-refractivity contribution in [1.29, 1.82) is 0 Å². The fraction of sp³-hybridized carbons (Fsp3) is 0.391. The predicted molar refractivity (Wildman–Crippen MR) is 115 cm³/mol. The van der Waals surface area contributed by atoms with Crippen molar-refractivity contribution in [2.24, 2.45) is 5.92 Å². The average Bonchev–Trinajstić information content (AvgIpc) is 2.70. The zero-order valence-electron chi connectivity index (χ0n) is 16.9. The first-order chi connectivity index (χ1) is 14.0. The van der Waals surface area contributed by atoms with Crippen LogP contribution in [0.1, 0.15) is 53.0 Å². The molecule has 1 atom stereocenters. The van der Waals surface area contributed by atoms with Crippen molar-refractivity contribution >= 4 is 29.2 Å². The molecule has 5 nitrogen and oxygen atoms in total. The molecule has 1 fully saturated rings. The first-order valence-corrected chi connectivity index (χ1v) is 10.4. The minimum absolute atomic E-state index is 0.234. The molecular formula is C23H27ClN2O3. The summed E-state index contributed by atoms with van der Waals surface area (Å²) in [6.07, 6.45) is 2.55. The van der Waals surface area contributed by atoms with Crippen molar-refractivity contribution in [3.8, 4) is 0 Å². The number of nitrogens with zero attached hydrogens (tertiary/aromatic N) is 1. The number of carbonyl (C=O) groups excluding carboxylic acids is 2. The van der Waals surface area contributed by atoms with E-state index in [1.54, 1.807) is 19.1 Å². The Balaban J connectivity index is 1.63. The Morgan fingerprint density at radius 3 is 2.66 bits per heavy atom. The summed E-state index contributed by atoms with van der Waals surface area (Å²) in [7, 11) is 0. The van der Waals surface area contributed by atoms with Gasteiger partial charge < -0.3 is 10.1 Å². The smallest absolute Gasteiger partial charge is 0.339 e. The van der Waals surface area contributed by atoms with Crippen molar-refractivity contribution in [2.75, 3.05) is 25.0 Å². The van der Waals surface area contributed by atoms with Gasteiger partial charge in [-0.25, -0.2) is 4.79 Å². The standard InChI is InChI=1S/C23H27ClN2O3/c1-3-29-23(28)20-13-19(10-11-21(20)24)25-22(27)18-8-6-17(7-9-18)15-26-12-4-5-16(2)14-26/h6-11,13,16H,3-5,12,14-15H2,1-2H3,(H,25,27). The Bertz CT molecular complexity index is 867. The molecule has 1 saturated heterocycles. The highest BCUT2D eigenvalue weighted by atomic mass is 35.5. The minimum Gasteiger partial charge on any atom is -0.462 e. The van der Waals surface area contributed by atoms with E-state index in [1.165, 1.54) is 24.5 Å². The predicted octanol–water partition coefficient (Wildman–Crippen LogP) is 5.00. The van der Waals surface area contributed by atoms with Crippen LogP contribution in [0.3, 0.4) is 0 Å². The van der Waals surface area contributed by atoms with Gasteiger partial charge in [0.25, 0.3) is 5.91 Å². The molecule has 0 radical (unpaired) electrons. The summed E-state index contributed by atoms with van der Waals surface area (Å²) in [5.74, 6) is -0.00191. The number of rotatable bonds is 6. The third-order valence-corrected chi connectivity index (χ3v) is 5.41. The summed E-state index contributed by atoms with van der Waals surface area (Å²) in [5.41, 5.74) is 2.49. The number of anilines is 1. The van der Waals surface area contributed by atoms with Gasteiger partial charge in [-0.1, -0.05) is 30.7 Å². The van der Waals surface area contributed by atoms with Crippen molar-refractivity contribution in [3.05, 3.63) is 64.2 Å². The van der Waals surface area contributed by atoms with E-state index in [2.05, 4.69) is 17.1 Å². The van der Waals surface area contributed by atoms with Crippen molar-refractivity contribution in [2.45, 2.75) is 33.2 Å². The number of benzene rings is 2. The van der Waals surface area contributed by atoms with E-state index >= 15 is 0 Å². The van der Waals surface area contributed by atoms with Crippen LogP contribution in [0, 0.1) is 5.92 Å². The minimum atomic E-state index is -0.509. The molecule has 6 heteroatoms. The number of hydrogen-bond donors (Lipinski definition) is 1. The number of piperidine rings is 1. The van der Waals surface area contributed by atoms with Crippen LogP contribution < -0.4 is 5.32 Å². The fourth-order valence-electron chi connectivity index (χ4n) is 3.62. The fourth-order valence-corrected chi connectivity index (χ4v) is 3.82. The molecule has 1 aliphatic heterocycles. The molecule has 1 unspecified atom stereocenters. The third-order valence-electron chi connectivity index (χ3n) is 5.08. The van der Waals surface area contributed by atoms with E-state index in [9.17, 15) is 9.59 Å². The van der Waals surface area contributed by atoms with Crippen LogP contribution in [-0.4, -0.2) is 36.5 Å². The normalized spacial score (nSPS) is 17.0. The summed E-state index contributed by atoms with van der Waals surface area (Å²) in [5, 5.41) is 3.10. The van der Waals surface area contributed by atoms with E-state index in [0.29, 0.717) is 11.3 Å². The highest BCUT2D eigenvalue weighted by Gasteiger charge is 2.17. The van der Waals surface area contributed by atoms with Crippen LogP contribution in [0.2, 0.25) is 5.02 Å². The summed E-state index contributed by atoms with van der Waals surface area (Å²) in [6.45, 7) is 7.45. The van der Waals surface area contributed by atoms with Crippen molar-refractivity contribution < 1.29 is 14.3 Å². The third kappa shape index (κ3) is 5.81.